The largest absolute Gasteiger partial charge is 0.396 e. The zero-order valence-electron chi connectivity index (χ0n) is 9.87. The molecule has 0 radical (unpaired) electrons. The maximum absolute atomic E-state index is 13.4. The quantitative estimate of drug-likeness (QED) is 0.879. The average molecular weight is 249 g/mol. The molecule has 0 spiro atoms. The molecule has 0 saturated heterocycles. The van der Waals surface area contributed by atoms with Crippen LogP contribution in [0.5, 0.6) is 0 Å². The van der Waals surface area contributed by atoms with Crippen molar-refractivity contribution in [2.45, 2.75) is 13.5 Å². The molecule has 2 rings (SSSR count). The van der Waals surface area contributed by atoms with Crippen LogP contribution < -0.4 is 11.1 Å². The van der Waals surface area contributed by atoms with E-state index in [0.29, 0.717) is 17.1 Å². The van der Waals surface area contributed by atoms with Gasteiger partial charge in [-0.25, -0.2) is 13.8 Å². The number of nitrogens with zero attached hydrogens (tertiary/aromatic N) is 1. The molecule has 94 valence electrons. The fourth-order valence-corrected chi connectivity index (χ4v) is 1.55. The third-order valence-corrected chi connectivity index (χ3v) is 2.53. The fourth-order valence-electron chi connectivity index (χ4n) is 1.55. The molecule has 0 unspecified atom stereocenters. The van der Waals surface area contributed by atoms with Gasteiger partial charge in [0.25, 0.3) is 0 Å². The van der Waals surface area contributed by atoms with Crippen LogP contribution in [0.2, 0.25) is 0 Å². The Bertz CT molecular complexity index is 570. The summed E-state index contributed by atoms with van der Waals surface area (Å²) < 4.78 is 26.1. The van der Waals surface area contributed by atoms with Crippen LogP contribution in [0.1, 0.15) is 11.3 Å². The minimum Gasteiger partial charge on any atom is -0.396 e. The van der Waals surface area contributed by atoms with Crippen LogP contribution in [0.15, 0.2) is 30.3 Å². The van der Waals surface area contributed by atoms with E-state index in [2.05, 4.69) is 10.3 Å². The number of aromatic nitrogens is 1. The predicted octanol–water partition coefficient (Wildman–Crippen LogP) is 2.86. The third-order valence-electron chi connectivity index (χ3n) is 2.53. The zero-order chi connectivity index (χ0) is 13.1. The van der Waals surface area contributed by atoms with Crippen molar-refractivity contribution in [1.29, 1.82) is 0 Å². The first-order valence-corrected chi connectivity index (χ1v) is 5.47. The first-order valence-electron chi connectivity index (χ1n) is 5.47. The van der Waals surface area contributed by atoms with Gasteiger partial charge in [0.2, 0.25) is 0 Å². The van der Waals surface area contributed by atoms with Crippen molar-refractivity contribution in [1.82, 2.24) is 4.98 Å². The number of rotatable bonds is 3. The van der Waals surface area contributed by atoms with Crippen molar-refractivity contribution in [2.75, 3.05) is 11.1 Å². The summed E-state index contributed by atoms with van der Waals surface area (Å²) in [6.07, 6.45) is 0. The van der Waals surface area contributed by atoms with E-state index in [-0.39, 0.29) is 6.54 Å². The molecule has 1 heterocycles. The molecule has 1 aromatic heterocycles. The Morgan fingerprint density at radius 1 is 1.22 bits per heavy atom. The number of anilines is 2. The summed E-state index contributed by atoms with van der Waals surface area (Å²) in [5.74, 6) is -0.683. The van der Waals surface area contributed by atoms with Crippen molar-refractivity contribution in [3.8, 4) is 0 Å². The summed E-state index contributed by atoms with van der Waals surface area (Å²) in [5, 5.41) is 2.93. The summed E-state index contributed by atoms with van der Waals surface area (Å²) in [4.78, 5) is 4.20. The van der Waals surface area contributed by atoms with Gasteiger partial charge in [-0.3, -0.25) is 0 Å². The molecule has 0 amide bonds. The lowest BCUT2D eigenvalue weighted by Gasteiger charge is -2.09. The maximum atomic E-state index is 13.4. The molecule has 3 nitrogen and oxygen atoms in total. The van der Waals surface area contributed by atoms with Crippen LogP contribution >= 0.6 is 0 Å². The lowest BCUT2D eigenvalue weighted by molar-refractivity contribution is 0.574. The van der Waals surface area contributed by atoms with E-state index in [4.69, 9.17) is 5.73 Å². The molecule has 0 aliphatic carbocycles. The number of nitrogens with one attached hydrogen (secondary N) is 1. The lowest BCUT2D eigenvalue weighted by atomic mass is 10.2. The van der Waals surface area contributed by atoms with E-state index in [1.807, 2.05) is 6.92 Å². The van der Waals surface area contributed by atoms with Crippen LogP contribution in [0.25, 0.3) is 0 Å². The number of halogens is 2. The van der Waals surface area contributed by atoms with E-state index < -0.39 is 11.6 Å². The predicted molar refractivity (Wildman–Crippen MR) is 67.1 cm³/mol. The summed E-state index contributed by atoms with van der Waals surface area (Å²) in [5.41, 5.74) is 7.40. The second-order valence-electron chi connectivity index (χ2n) is 3.98. The van der Waals surface area contributed by atoms with E-state index in [1.54, 1.807) is 12.1 Å². The van der Waals surface area contributed by atoms with E-state index >= 15 is 0 Å². The Hall–Kier alpha value is -2.17. The van der Waals surface area contributed by atoms with Gasteiger partial charge in [-0.15, -0.1) is 0 Å². The van der Waals surface area contributed by atoms with Crippen molar-refractivity contribution in [3.63, 3.8) is 0 Å². The van der Waals surface area contributed by atoms with E-state index in [1.165, 1.54) is 12.1 Å². The minimum atomic E-state index is -0.593. The third kappa shape index (κ3) is 2.74. The number of nitrogen functional groups attached to an aromatic ring is 1. The van der Waals surface area contributed by atoms with Crippen LogP contribution in [0.4, 0.5) is 20.3 Å². The van der Waals surface area contributed by atoms with Gasteiger partial charge >= 0.3 is 0 Å². The van der Waals surface area contributed by atoms with Crippen molar-refractivity contribution in [3.05, 3.63) is 53.2 Å². The van der Waals surface area contributed by atoms with Crippen molar-refractivity contribution >= 4 is 11.5 Å². The first kappa shape index (κ1) is 12.3. The van der Waals surface area contributed by atoms with Gasteiger partial charge in [0.1, 0.15) is 17.5 Å². The Balaban J connectivity index is 2.13. The van der Waals surface area contributed by atoms with Crippen LogP contribution in [-0.2, 0) is 6.54 Å². The number of benzene rings is 1. The highest BCUT2D eigenvalue weighted by Gasteiger charge is 2.05. The Kier molecular flexibility index (Phi) is 3.41. The highest BCUT2D eigenvalue weighted by molar-refractivity contribution is 5.61. The van der Waals surface area contributed by atoms with Crippen LogP contribution in [0, 0.1) is 18.6 Å². The molecule has 0 fully saturated rings. The molecule has 0 atom stereocenters. The molecule has 0 saturated carbocycles. The number of hydrogen-bond acceptors (Lipinski definition) is 3. The van der Waals surface area contributed by atoms with Crippen molar-refractivity contribution in [2.24, 2.45) is 0 Å². The molecule has 0 aliphatic heterocycles. The van der Waals surface area contributed by atoms with Crippen LogP contribution in [0.3, 0.4) is 0 Å². The Labute approximate surface area is 104 Å². The topological polar surface area (TPSA) is 50.9 Å². The summed E-state index contributed by atoms with van der Waals surface area (Å²) in [6.45, 7) is 2.04. The van der Waals surface area contributed by atoms with Gasteiger partial charge in [-0.05, 0) is 25.1 Å². The van der Waals surface area contributed by atoms with E-state index in [9.17, 15) is 8.78 Å². The Morgan fingerprint density at radius 3 is 2.72 bits per heavy atom. The van der Waals surface area contributed by atoms with Crippen molar-refractivity contribution < 1.29 is 8.78 Å². The fraction of sp³-hybridized carbons (Fsp3) is 0.154. The first-order chi connectivity index (χ1) is 8.56. The van der Waals surface area contributed by atoms with Gasteiger partial charge in [0.05, 0.1) is 5.69 Å². The number of nitrogens with two attached hydrogens (primary N) is 1. The smallest absolute Gasteiger partial charge is 0.149 e. The molecule has 3 N–H and O–H groups in total. The average Bonchev–Trinajstić information content (AvgIpc) is 2.32. The zero-order valence-corrected chi connectivity index (χ0v) is 9.87. The van der Waals surface area contributed by atoms with Gasteiger partial charge in [0, 0.05) is 23.9 Å². The molecule has 0 bridgehead atoms. The monoisotopic (exact) mass is 249 g/mol. The number of pyridine rings is 1. The summed E-state index contributed by atoms with van der Waals surface area (Å²) in [7, 11) is 0. The number of hydrogen-bond donors (Lipinski definition) is 2. The maximum Gasteiger partial charge on any atom is 0.149 e. The lowest BCUT2D eigenvalue weighted by Crippen LogP contribution is -2.06. The van der Waals surface area contributed by atoms with E-state index in [0.717, 1.165) is 11.8 Å². The molecular weight excluding hydrogens is 236 g/mol. The van der Waals surface area contributed by atoms with Gasteiger partial charge < -0.3 is 11.1 Å². The highest BCUT2D eigenvalue weighted by Crippen LogP contribution is 2.17. The second-order valence-corrected chi connectivity index (χ2v) is 3.98. The van der Waals surface area contributed by atoms with Gasteiger partial charge in [-0.2, -0.15) is 0 Å². The number of aryl methyl sites for hydroxylation is 1. The molecular formula is C13H13F2N3. The Morgan fingerprint density at radius 2 is 2.00 bits per heavy atom. The minimum absolute atomic E-state index is 0.201. The van der Waals surface area contributed by atoms with Crippen LogP contribution in [-0.4, -0.2) is 4.98 Å². The molecule has 1 aromatic carbocycles. The molecule has 18 heavy (non-hydrogen) atoms. The normalized spacial score (nSPS) is 10.4. The highest BCUT2D eigenvalue weighted by atomic mass is 19.1. The summed E-state index contributed by atoms with van der Waals surface area (Å²) >= 11 is 0. The van der Waals surface area contributed by atoms with Gasteiger partial charge in [-0.1, -0.05) is 6.07 Å². The standard InChI is InChI=1S/C13H13F2N3/c1-8-2-5-12(16)13(18-8)17-7-9-3-4-10(14)6-11(9)15/h2-6H,7,16H2,1H3,(H,17,18). The molecule has 0 aliphatic rings. The molecule has 5 heteroatoms. The second kappa shape index (κ2) is 5.00. The summed E-state index contributed by atoms with van der Waals surface area (Å²) in [6, 6.07) is 6.98. The molecule has 2 aromatic rings. The van der Waals surface area contributed by atoms with Gasteiger partial charge in [0.15, 0.2) is 0 Å². The SMILES string of the molecule is Cc1ccc(N)c(NCc2ccc(F)cc2F)n1.